The molecule has 0 atom stereocenters. The second-order valence-corrected chi connectivity index (χ2v) is 3.87. The van der Waals surface area contributed by atoms with Crippen molar-refractivity contribution in [2.45, 2.75) is 6.92 Å². The summed E-state index contributed by atoms with van der Waals surface area (Å²) in [5.41, 5.74) is 9.74. The molecule has 0 spiro atoms. The van der Waals surface area contributed by atoms with E-state index in [1.54, 1.807) is 14.2 Å². The zero-order valence-electron chi connectivity index (χ0n) is 10.3. The fourth-order valence-electron chi connectivity index (χ4n) is 1.98. The maximum Gasteiger partial charge on any atom is 0.161 e. The van der Waals surface area contributed by atoms with Gasteiger partial charge in [-0.2, -0.15) is 0 Å². The Hall–Kier alpha value is -1.97. The van der Waals surface area contributed by atoms with Gasteiger partial charge in [0.15, 0.2) is 11.5 Å². The Balaban J connectivity index is 2.48. The Morgan fingerprint density at radius 3 is 2.41 bits per heavy atom. The van der Waals surface area contributed by atoms with Crippen LogP contribution in [0.15, 0.2) is 28.9 Å². The van der Waals surface area contributed by atoms with Gasteiger partial charge in [-0.25, -0.2) is 0 Å². The predicted octanol–water partition coefficient (Wildman–Crippen LogP) is 1.85. The second kappa shape index (κ2) is 4.49. The molecule has 0 aliphatic carbocycles. The molecule has 0 unspecified atom stereocenters. The van der Waals surface area contributed by atoms with Gasteiger partial charge in [0.1, 0.15) is 0 Å². The van der Waals surface area contributed by atoms with Gasteiger partial charge in [-0.1, -0.05) is 6.07 Å². The fourth-order valence-corrected chi connectivity index (χ4v) is 1.98. The monoisotopic (exact) mass is 232 g/mol. The fraction of sp³-hybridized carbons (Fsp3) is 0.308. The molecule has 0 bridgehead atoms. The molecule has 2 N–H and O–H groups in total. The molecule has 1 aromatic carbocycles. The highest BCUT2D eigenvalue weighted by molar-refractivity contribution is 6.25. The summed E-state index contributed by atoms with van der Waals surface area (Å²) in [6, 6.07) is 5.76. The Labute approximate surface area is 101 Å². The average molecular weight is 232 g/mol. The third-order valence-electron chi connectivity index (χ3n) is 2.84. The van der Waals surface area contributed by atoms with Crippen molar-refractivity contribution in [3.63, 3.8) is 0 Å². The lowest BCUT2D eigenvalue weighted by Crippen LogP contribution is -2.03. The summed E-state index contributed by atoms with van der Waals surface area (Å²) in [7, 11) is 3.24. The highest BCUT2D eigenvalue weighted by atomic mass is 16.5. The molecule has 0 radical (unpaired) electrons. The van der Waals surface area contributed by atoms with Crippen LogP contribution < -0.4 is 15.2 Å². The van der Waals surface area contributed by atoms with Crippen molar-refractivity contribution < 1.29 is 9.47 Å². The number of nitrogens with two attached hydrogens (primary N) is 1. The van der Waals surface area contributed by atoms with Crippen molar-refractivity contribution in [1.29, 1.82) is 0 Å². The van der Waals surface area contributed by atoms with Crippen LogP contribution in [0.4, 0.5) is 0 Å². The van der Waals surface area contributed by atoms with Crippen LogP contribution in [0.2, 0.25) is 0 Å². The molecule has 0 fully saturated rings. The summed E-state index contributed by atoms with van der Waals surface area (Å²) in [5, 5.41) is 0. The van der Waals surface area contributed by atoms with E-state index < -0.39 is 0 Å². The van der Waals surface area contributed by atoms with E-state index in [1.165, 1.54) is 0 Å². The number of nitrogens with zero attached hydrogens (tertiary/aromatic N) is 1. The second-order valence-electron chi connectivity index (χ2n) is 3.87. The van der Waals surface area contributed by atoms with E-state index in [1.807, 2.05) is 25.1 Å². The van der Waals surface area contributed by atoms with Crippen LogP contribution in [0.25, 0.3) is 5.57 Å². The molecule has 1 heterocycles. The van der Waals surface area contributed by atoms with Crippen LogP contribution in [-0.2, 0) is 0 Å². The normalized spacial score (nSPS) is 14.9. The van der Waals surface area contributed by atoms with E-state index in [0.29, 0.717) is 18.0 Å². The maximum absolute atomic E-state index is 5.96. The minimum atomic E-state index is 0.579. The number of hydrogen-bond acceptors (Lipinski definition) is 4. The van der Waals surface area contributed by atoms with E-state index >= 15 is 0 Å². The Kier molecular flexibility index (Phi) is 3.04. The summed E-state index contributed by atoms with van der Waals surface area (Å²) in [5.74, 6) is 1.41. The van der Waals surface area contributed by atoms with Gasteiger partial charge in [0.25, 0.3) is 0 Å². The largest absolute Gasteiger partial charge is 0.493 e. The molecule has 0 amide bonds. The predicted molar refractivity (Wildman–Crippen MR) is 68.6 cm³/mol. The van der Waals surface area contributed by atoms with Crippen LogP contribution in [-0.4, -0.2) is 26.5 Å². The number of rotatable bonds is 3. The third kappa shape index (κ3) is 1.98. The number of hydrogen-bond donors (Lipinski definition) is 1. The average Bonchev–Trinajstić information content (AvgIpc) is 2.68. The summed E-state index contributed by atoms with van der Waals surface area (Å²) in [6.45, 7) is 2.54. The van der Waals surface area contributed by atoms with Gasteiger partial charge in [-0.15, -0.1) is 0 Å². The van der Waals surface area contributed by atoms with E-state index in [2.05, 4.69) is 4.99 Å². The van der Waals surface area contributed by atoms with Gasteiger partial charge in [-0.05, 0) is 24.6 Å². The maximum atomic E-state index is 5.96. The number of ether oxygens (including phenoxy) is 2. The summed E-state index contributed by atoms with van der Waals surface area (Å²) in [6.07, 6.45) is 0. The standard InChI is InChI=1S/C13H16N2O2/c1-8-13(10(14)7-15-8)9-4-5-11(16-2)12(6-9)17-3/h4-6H,7,14H2,1-3H3. The number of benzene rings is 1. The third-order valence-corrected chi connectivity index (χ3v) is 2.84. The van der Waals surface area contributed by atoms with Crippen molar-refractivity contribution in [2.24, 2.45) is 10.7 Å². The van der Waals surface area contributed by atoms with Crippen molar-refractivity contribution in [3.8, 4) is 11.5 Å². The van der Waals surface area contributed by atoms with Gasteiger partial charge < -0.3 is 15.2 Å². The molecule has 4 nitrogen and oxygen atoms in total. The molecule has 2 rings (SSSR count). The van der Waals surface area contributed by atoms with E-state index in [-0.39, 0.29) is 0 Å². The lowest BCUT2D eigenvalue weighted by molar-refractivity contribution is 0.355. The van der Waals surface area contributed by atoms with Crippen LogP contribution in [0.3, 0.4) is 0 Å². The van der Waals surface area contributed by atoms with E-state index in [0.717, 1.165) is 22.5 Å². The molecule has 90 valence electrons. The zero-order chi connectivity index (χ0) is 12.4. The first-order chi connectivity index (χ1) is 8.17. The van der Waals surface area contributed by atoms with Crippen molar-refractivity contribution >= 4 is 11.3 Å². The lowest BCUT2D eigenvalue weighted by Gasteiger charge is -2.11. The molecule has 17 heavy (non-hydrogen) atoms. The minimum absolute atomic E-state index is 0.579. The Morgan fingerprint density at radius 1 is 1.18 bits per heavy atom. The van der Waals surface area contributed by atoms with Crippen LogP contribution in [0.1, 0.15) is 12.5 Å². The summed E-state index contributed by atoms with van der Waals surface area (Å²) >= 11 is 0. The minimum Gasteiger partial charge on any atom is -0.493 e. The van der Waals surface area contributed by atoms with Crippen molar-refractivity contribution in [3.05, 3.63) is 29.5 Å². The first-order valence-electron chi connectivity index (χ1n) is 5.39. The molecule has 1 aromatic rings. The Bertz CT molecular complexity index is 504. The first-order valence-corrected chi connectivity index (χ1v) is 5.39. The molecule has 4 heteroatoms. The molecule has 0 aromatic heterocycles. The highest BCUT2D eigenvalue weighted by Crippen LogP contribution is 2.32. The molecule has 0 saturated heterocycles. The van der Waals surface area contributed by atoms with Gasteiger partial charge in [0.2, 0.25) is 0 Å². The van der Waals surface area contributed by atoms with Crippen LogP contribution in [0, 0.1) is 0 Å². The van der Waals surface area contributed by atoms with Gasteiger partial charge >= 0.3 is 0 Å². The summed E-state index contributed by atoms with van der Waals surface area (Å²) < 4.78 is 10.5. The molecule has 1 aliphatic rings. The molecule has 1 aliphatic heterocycles. The van der Waals surface area contributed by atoms with Gasteiger partial charge in [-0.3, -0.25) is 4.99 Å². The molecular weight excluding hydrogens is 216 g/mol. The SMILES string of the molecule is COc1ccc(C2=C(N)CN=C2C)cc1OC. The molecular formula is C13H16N2O2. The van der Waals surface area contributed by atoms with Gasteiger partial charge in [0, 0.05) is 17.0 Å². The smallest absolute Gasteiger partial charge is 0.161 e. The first kappa shape index (κ1) is 11.5. The Morgan fingerprint density at radius 2 is 1.88 bits per heavy atom. The number of methoxy groups -OCH3 is 2. The number of allylic oxidation sites excluding steroid dienone is 1. The van der Waals surface area contributed by atoms with Crippen LogP contribution in [0.5, 0.6) is 11.5 Å². The zero-order valence-corrected chi connectivity index (χ0v) is 10.3. The van der Waals surface area contributed by atoms with E-state index in [9.17, 15) is 0 Å². The van der Waals surface area contributed by atoms with Gasteiger partial charge in [0.05, 0.1) is 20.8 Å². The van der Waals surface area contributed by atoms with Crippen molar-refractivity contribution in [1.82, 2.24) is 0 Å². The topological polar surface area (TPSA) is 56.8 Å². The van der Waals surface area contributed by atoms with Crippen molar-refractivity contribution in [2.75, 3.05) is 20.8 Å². The quantitative estimate of drug-likeness (QED) is 0.865. The van der Waals surface area contributed by atoms with E-state index in [4.69, 9.17) is 15.2 Å². The lowest BCUT2D eigenvalue weighted by atomic mass is 10.0. The van der Waals surface area contributed by atoms with Crippen LogP contribution >= 0.6 is 0 Å². The number of aliphatic imine (C=N–C) groups is 1. The summed E-state index contributed by atoms with van der Waals surface area (Å²) in [4.78, 5) is 4.32. The highest BCUT2D eigenvalue weighted by Gasteiger charge is 2.17. The molecule has 0 saturated carbocycles.